The molecule has 120 valence electrons. The molecule has 0 radical (unpaired) electrons. The first-order valence-electron chi connectivity index (χ1n) is 5.94. The van der Waals surface area contributed by atoms with Gasteiger partial charge in [0.2, 0.25) is 0 Å². The van der Waals surface area contributed by atoms with Gasteiger partial charge in [0.05, 0.1) is 0 Å². The molecule has 0 unspecified atom stereocenters. The van der Waals surface area contributed by atoms with Crippen LogP contribution in [0.4, 0.5) is 4.79 Å². The zero-order chi connectivity index (χ0) is 16.2. The van der Waals surface area contributed by atoms with Crippen LogP contribution in [0.3, 0.4) is 0 Å². The van der Waals surface area contributed by atoms with Crippen LogP contribution in [-0.4, -0.2) is 46.8 Å². The summed E-state index contributed by atoms with van der Waals surface area (Å²) in [5.74, 6) is 0.187. The summed E-state index contributed by atoms with van der Waals surface area (Å²) >= 11 is 0. The Balaban J connectivity index is 2.12. The van der Waals surface area contributed by atoms with E-state index < -0.39 is 17.1 Å². The van der Waals surface area contributed by atoms with Crippen LogP contribution in [0.2, 0.25) is 0 Å². The Morgan fingerprint density at radius 1 is 1.36 bits per heavy atom. The molecule has 0 aliphatic heterocycles. The Labute approximate surface area is 133 Å². The third kappa shape index (κ3) is 8.32. The first-order valence-corrected chi connectivity index (χ1v) is 8.43. The Morgan fingerprint density at radius 2 is 2.09 bits per heavy atom. The predicted octanol–water partition coefficient (Wildman–Crippen LogP) is 0.915. The van der Waals surface area contributed by atoms with Crippen LogP contribution in [0.15, 0.2) is 29.5 Å². The number of pyridine rings is 1. The fourth-order valence-electron chi connectivity index (χ4n) is 1.10. The van der Waals surface area contributed by atoms with Crippen molar-refractivity contribution in [3.05, 3.63) is 40.2 Å². The fourth-order valence-corrected chi connectivity index (χ4v) is 2.74. The van der Waals surface area contributed by atoms with Crippen molar-refractivity contribution in [3.63, 3.8) is 0 Å². The van der Waals surface area contributed by atoms with Gasteiger partial charge in [-0.15, -0.1) is 10.1 Å². The largest absolute Gasteiger partial charge is 0.858 e. The fraction of sp³-hybridized carbons (Fsp3) is 0.364. The molecule has 0 aliphatic rings. The second-order valence-electron chi connectivity index (χ2n) is 3.47. The number of ether oxygens (including phenoxy) is 1. The van der Waals surface area contributed by atoms with E-state index in [1.165, 1.54) is 40.0 Å². The molecule has 11 heteroatoms. The monoisotopic (exact) mass is 346 g/mol. The molecule has 0 saturated carbocycles. The van der Waals surface area contributed by atoms with Crippen LogP contribution in [0.1, 0.15) is 5.56 Å². The zero-order valence-electron chi connectivity index (χ0n) is 11.2. The second-order valence-corrected chi connectivity index (χ2v) is 6.18. The van der Waals surface area contributed by atoms with E-state index in [0.717, 1.165) is 0 Å². The van der Waals surface area contributed by atoms with Crippen molar-refractivity contribution in [2.24, 2.45) is 4.99 Å². The normalized spacial score (nSPS) is 11.0. The highest BCUT2D eigenvalue weighted by Crippen LogP contribution is 2.20. The number of carbonyl (C=O) groups excluding carboxylic acids is 1. The van der Waals surface area contributed by atoms with Crippen LogP contribution in [0.25, 0.3) is 0 Å². The van der Waals surface area contributed by atoms with Crippen molar-refractivity contribution in [3.8, 4) is 0 Å². The quantitative estimate of drug-likeness (QED) is 0.160. The Kier molecular flexibility index (Phi) is 8.76. The minimum Gasteiger partial charge on any atom is -0.858 e. The van der Waals surface area contributed by atoms with Gasteiger partial charge in [0.15, 0.2) is 0 Å². The molecule has 1 rings (SSSR count). The summed E-state index contributed by atoms with van der Waals surface area (Å²) in [6.45, 7) is 0.0792. The smallest absolute Gasteiger partial charge is 0.433 e. The minimum absolute atomic E-state index is 0.000595. The number of rotatable bonds is 9. The summed E-state index contributed by atoms with van der Waals surface area (Å²) in [6, 6.07) is 3.05. The average molecular weight is 346 g/mol. The van der Waals surface area contributed by atoms with Gasteiger partial charge in [-0.1, -0.05) is 27.7 Å². The summed E-state index contributed by atoms with van der Waals surface area (Å²) in [6.07, 6.45) is 1.84. The van der Waals surface area contributed by atoms with E-state index in [1.54, 1.807) is 6.07 Å². The summed E-state index contributed by atoms with van der Waals surface area (Å²) in [5, 5.41) is 20.5. The zero-order valence-corrected chi connectivity index (χ0v) is 12.9. The molecule has 0 spiro atoms. The lowest BCUT2D eigenvalue weighted by molar-refractivity contribution is -0.756. The van der Waals surface area contributed by atoms with Gasteiger partial charge in [-0.2, -0.15) is 4.99 Å². The molecule has 1 aromatic heterocycles. The van der Waals surface area contributed by atoms with Crippen LogP contribution in [-0.2, 0) is 9.57 Å². The van der Waals surface area contributed by atoms with E-state index in [2.05, 4.69) is 14.8 Å². The van der Waals surface area contributed by atoms with Crippen molar-refractivity contribution >= 4 is 33.6 Å². The molecule has 1 aromatic rings. The van der Waals surface area contributed by atoms with Gasteiger partial charge in [0, 0.05) is 35.4 Å². The third-order valence-electron chi connectivity index (χ3n) is 1.94. The molecule has 0 bridgehead atoms. The highest BCUT2D eigenvalue weighted by Gasteiger charge is 2.01. The molecule has 0 aliphatic carbocycles. The molecule has 1 amide bonds. The highest BCUT2D eigenvalue weighted by molar-refractivity contribution is 8.76. The van der Waals surface area contributed by atoms with Gasteiger partial charge in [0.1, 0.15) is 13.2 Å². The molecule has 0 fully saturated rings. The summed E-state index contributed by atoms with van der Waals surface area (Å²) < 4.78 is 4.76. The van der Waals surface area contributed by atoms with Crippen LogP contribution in [0, 0.1) is 10.1 Å². The van der Waals surface area contributed by atoms with E-state index in [0.29, 0.717) is 11.5 Å². The molecular weight excluding hydrogens is 334 g/mol. The molecular formula is C11H12N3O6S2-. The highest BCUT2D eigenvalue weighted by atomic mass is 33.1. The molecule has 9 nitrogen and oxygen atoms in total. The minimum atomic E-state index is -0.962. The molecule has 0 N–H and O–H groups in total. The van der Waals surface area contributed by atoms with E-state index >= 15 is 0 Å². The average Bonchev–Trinajstić information content (AvgIpc) is 2.50. The first-order chi connectivity index (χ1) is 10.6. The maximum Gasteiger partial charge on any atom is 0.433 e. The third-order valence-corrected chi connectivity index (χ3v) is 4.27. The maximum absolute atomic E-state index is 11.5. The van der Waals surface area contributed by atoms with Crippen molar-refractivity contribution in [1.29, 1.82) is 0 Å². The van der Waals surface area contributed by atoms with Gasteiger partial charge < -0.3 is 14.7 Å². The van der Waals surface area contributed by atoms with Crippen molar-refractivity contribution in [2.75, 3.05) is 24.7 Å². The van der Waals surface area contributed by atoms with Crippen LogP contribution < -0.4 is 5.11 Å². The first kappa shape index (κ1) is 18.0. The lowest BCUT2D eigenvalue weighted by atomic mass is 10.3. The van der Waals surface area contributed by atoms with Crippen LogP contribution in [0.5, 0.6) is 0 Å². The van der Waals surface area contributed by atoms with Crippen molar-refractivity contribution in [1.82, 2.24) is 4.98 Å². The van der Waals surface area contributed by atoms with E-state index in [9.17, 15) is 20.0 Å². The predicted molar refractivity (Wildman–Crippen MR) is 80.0 cm³/mol. The van der Waals surface area contributed by atoms with E-state index in [4.69, 9.17) is 4.74 Å². The Morgan fingerprint density at radius 3 is 2.73 bits per heavy atom. The Hall–Kier alpha value is -2.01. The van der Waals surface area contributed by atoms with Crippen LogP contribution >= 0.6 is 21.6 Å². The van der Waals surface area contributed by atoms with Crippen molar-refractivity contribution in [2.45, 2.75) is 0 Å². The number of aliphatic imine (C=N–C) groups is 1. The standard InChI is InChI=1S/C11H13N3O6S2/c15-10(9-2-1-3-12-8-9)13-11(16)19-4-6-21-22-7-5-20-14(17)18/h1-3,8H,4-7H2,(H,13,15,16)/p-1. The molecule has 0 saturated heterocycles. The summed E-state index contributed by atoms with van der Waals surface area (Å²) in [4.78, 5) is 32.3. The SMILES string of the molecule is O=C(N=C([O-])c1cccnc1)OCCSSCCO[N+](=O)[O-]. The molecule has 22 heavy (non-hydrogen) atoms. The van der Waals surface area contributed by atoms with Gasteiger partial charge in [0.25, 0.3) is 5.09 Å². The number of nitrogens with zero attached hydrogens (tertiary/aromatic N) is 3. The van der Waals surface area contributed by atoms with Gasteiger partial charge in [-0.3, -0.25) is 4.98 Å². The number of hydrogen-bond acceptors (Lipinski definition) is 9. The lowest BCUT2D eigenvalue weighted by Crippen LogP contribution is -2.21. The number of aromatic nitrogens is 1. The number of hydrogen-bond donors (Lipinski definition) is 0. The summed E-state index contributed by atoms with van der Waals surface area (Å²) in [7, 11) is 2.71. The molecule has 0 atom stereocenters. The topological polar surface area (TPSA) is 127 Å². The molecule has 1 heterocycles. The second kappa shape index (κ2) is 10.7. The van der Waals surface area contributed by atoms with Gasteiger partial charge in [-0.05, 0) is 6.07 Å². The summed E-state index contributed by atoms with van der Waals surface area (Å²) in [5.41, 5.74) is 0.204. The van der Waals surface area contributed by atoms with E-state index in [-0.39, 0.29) is 18.8 Å². The van der Waals surface area contributed by atoms with E-state index in [1.807, 2.05) is 0 Å². The van der Waals surface area contributed by atoms with Gasteiger partial charge in [-0.25, -0.2) is 4.79 Å². The van der Waals surface area contributed by atoms with Crippen molar-refractivity contribution < 1.29 is 24.6 Å². The van der Waals surface area contributed by atoms with Gasteiger partial charge >= 0.3 is 6.09 Å². The number of amides is 1. The molecule has 0 aromatic carbocycles. The number of carbonyl (C=O) groups is 1. The lowest BCUT2D eigenvalue weighted by Gasteiger charge is -2.09. The maximum atomic E-state index is 11.5. The Bertz CT molecular complexity index is 514.